The van der Waals surface area contributed by atoms with E-state index in [4.69, 9.17) is 9.98 Å². The van der Waals surface area contributed by atoms with E-state index >= 15 is 0 Å². The summed E-state index contributed by atoms with van der Waals surface area (Å²) in [6.07, 6.45) is 39.9. The molecule has 0 radical (unpaired) electrons. The van der Waals surface area contributed by atoms with Gasteiger partial charge in [-0.15, -0.1) is 0 Å². The Morgan fingerprint density at radius 1 is 0.319 bits per heavy atom. The number of benzene rings is 2. The van der Waals surface area contributed by atoms with Gasteiger partial charge in [-0.25, -0.2) is 0 Å². The summed E-state index contributed by atoms with van der Waals surface area (Å²) in [4.78, 5) is 10.3. The first-order chi connectivity index (χ1) is 23.3. The molecule has 0 amide bonds. The maximum Gasteiger partial charge on any atom is 0.0633 e. The van der Waals surface area contributed by atoms with Crippen molar-refractivity contribution in [2.45, 2.75) is 200 Å². The lowest BCUT2D eigenvalue weighted by Gasteiger charge is -2.12. The molecule has 0 saturated carbocycles. The van der Waals surface area contributed by atoms with Crippen molar-refractivity contribution in [3.05, 3.63) is 60.7 Å². The molecule has 2 heteroatoms. The molecule has 0 heterocycles. The standard InChI is InChI=1S/C45H74N2/c1-3-5-7-8-9-10-11-12-13-14-15-16-17-18-19-20-21-22-23-24-25-26-27-35-41-45(47-43-38-33-29-34-39-43)44(40-30-6-4-2)46-42-36-31-28-32-37-42/h28-29,31-34,36-39H,3-27,30,35,40-41H2,1-2H3. The van der Waals surface area contributed by atoms with Gasteiger partial charge in [0.05, 0.1) is 22.8 Å². The van der Waals surface area contributed by atoms with Crippen LogP contribution >= 0.6 is 0 Å². The van der Waals surface area contributed by atoms with Crippen LogP contribution in [0, 0.1) is 0 Å². The number of aliphatic imine (C=N–C) groups is 2. The van der Waals surface area contributed by atoms with Crippen molar-refractivity contribution in [2.75, 3.05) is 0 Å². The zero-order chi connectivity index (χ0) is 33.3. The van der Waals surface area contributed by atoms with Gasteiger partial charge in [0, 0.05) is 0 Å². The van der Waals surface area contributed by atoms with E-state index in [2.05, 4.69) is 74.5 Å². The molecule has 47 heavy (non-hydrogen) atoms. The van der Waals surface area contributed by atoms with Gasteiger partial charge in [-0.05, 0) is 49.9 Å². The molecule has 0 saturated heterocycles. The van der Waals surface area contributed by atoms with Crippen molar-refractivity contribution in [1.82, 2.24) is 0 Å². The van der Waals surface area contributed by atoms with Gasteiger partial charge in [0.15, 0.2) is 0 Å². The normalized spacial score (nSPS) is 12.2. The fourth-order valence-corrected chi connectivity index (χ4v) is 6.64. The topological polar surface area (TPSA) is 24.7 Å². The highest BCUT2D eigenvalue weighted by atomic mass is 14.8. The summed E-state index contributed by atoms with van der Waals surface area (Å²) in [6, 6.07) is 20.9. The largest absolute Gasteiger partial charge is 0.252 e. The average molecular weight is 643 g/mol. The van der Waals surface area contributed by atoms with Crippen LogP contribution in [0.25, 0.3) is 0 Å². The van der Waals surface area contributed by atoms with Crippen molar-refractivity contribution < 1.29 is 0 Å². The van der Waals surface area contributed by atoms with Crippen LogP contribution in [0.15, 0.2) is 70.6 Å². The molecule has 0 aliphatic rings. The second-order valence-corrected chi connectivity index (χ2v) is 14.1. The van der Waals surface area contributed by atoms with Crippen molar-refractivity contribution >= 4 is 22.8 Å². The lowest BCUT2D eigenvalue weighted by Crippen LogP contribution is -2.14. The number of para-hydroxylation sites is 2. The lowest BCUT2D eigenvalue weighted by atomic mass is 10.00. The van der Waals surface area contributed by atoms with E-state index in [-0.39, 0.29) is 0 Å². The highest BCUT2D eigenvalue weighted by Crippen LogP contribution is 2.20. The fourth-order valence-electron chi connectivity index (χ4n) is 6.64. The van der Waals surface area contributed by atoms with Gasteiger partial charge in [-0.3, -0.25) is 9.98 Å². The van der Waals surface area contributed by atoms with E-state index in [9.17, 15) is 0 Å². The third-order valence-corrected chi connectivity index (χ3v) is 9.66. The summed E-state index contributed by atoms with van der Waals surface area (Å²) in [5.41, 5.74) is 4.46. The van der Waals surface area contributed by atoms with Crippen molar-refractivity contribution in [3.8, 4) is 0 Å². The van der Waals surface area contributed by atoms with Gasteiger partial charge in [0.2, 0.25) is 0 Å². The predicted octanol–water partition coefficient (Wildman–Crippen LogP) is 15.9. The van der Waals surface area contributed by atoms with Gasteiger partial charge in [0.25, 0.3) is 0 Å². The minimum atomic E-state index is 1.01. The number of nitrogens with zero attached hydrogens (tertiary/aromatic N) is 2. The van der Waals surface area contributed by atoms with E-state index in [0.29, 0.717) is 0 Å². The molecule has 2 aromatic carbocycles. The Kier molecular flexibility index (Phi) is 27.1. The summed E-state index contributed by atoms with van der Waals surface area (Å²) in [5, 5.41) is 0. The Hall–Kier alpha value is -2.22. The van der Waals surface area contributed by atoms with Gasteiger partial charge in [-0.2, -0.15) is 0 Å². The van der Waals surface area contributed by atoms with Crippen LogP contribution in [-0.2, 0) is 0 Å². The summed E-state index contributed by atoms with van der Waals surface area (Å²) >= 11 is 0. The monoisotopic (exact) mass is 643 g/mol. The molecule has 0 unspecified atom stereocenters. The van der Waals surface area contributed by atoms with Crippen LogP contribution in [-0.4, -0.2) is 11.4 Å². The first-order valence-electron chi connectivity index (χ1n) is 20.6. The molecule has 0 aliphatic heterocycles. The Morgan fingerprint density at radius 3 is 0.851 bits per heavy atom. The summed E-state index contributed by atoms with van der Waals surface area (Å²) < 4.78 is 0. The molecule has 264 valence electrons. The van der Waals surface area contributed by atoms with Crippen LogP contribution in [0.1, 0.15) is 200 Å². The third kappa shape index (κ3) is 23.7. The first-order valence-corrected chi connectivity index (χ1v) is 20.6. The van der Waals surface area contributed by atoms with Gasteiger partial charge in [-0.1, -0.05) is 211 Å². The summed E-state index contributed by atoms with van der Waals surface area (Å²) in [7, 11) is 0. The average Bonchev–Trinajstić information content (AvgIpc) is 3.10. The zero-order valence-electron chi connectivity index (χ0n) is 31.2. The highest BCUT2D eigenvalue weighted by Gasteiger charge is 2.11. The van der Waals surface area contributed by atoms with Crippen molar-refractivity contribution in [1.29, 1.82) is 0 Å². The second-order valence-electron chi connectivity index (χ2n) is 14.1. The summed E-state index contributed by atoms with van der Waals surface area (Å²) in [5.74, 6) is 0. The molecular formula is C45H74N2. The molecule has 0 atom stereocenters. The van der Waals surface area contributed by atoms with Crippen LogP contribution in [0.5, 0.6) is 0 Å². The smallest absolute Gasteiger partial charge is 0.0633 e. The molecule has 0 fully saturated rings. The fraction of sp³-hybridized carbons (Fsp3) is 0.689. The van der Waals surface area contributed by atoms with Crippen LogP contribution in [0.2, 0.25) is 0 Å². The maximum atomic E-state index is 5.15. The molecular weight excluding hydrogens is 569 g/mol. The Morgan fingerprint density at radius 2 is 0.553 bits per heavy atom. The molecule has 2 rings (SSSR count). The number of rotatable bonds is 32. The first kappa shape index (κ1) is 41.0. The van der Waals surface area contributed by atoms with Gasteiger partial charge >= 0.3 is 0 Å². The number of hydrogen-bond donors (Lipinski definition) is 0. The van der Waals surface area contributed by atoms with E-state index < -0.39 is 0 Å². The lowest BCUT2D eigenvalue weighted by molar-refractivity contribution is 0.517. The Balaban J connectivity index is 1.51. The quantitative estimate of drug-likeness (QED) is 0.0560. The molecule has 0 bridgehead atoms. The van der Waals surface area contributed by atoms with E-state index in [0.717, 1.165) is 24.2 Å². The van der Waals surface area contributed by atoms with Crippen molar-refractivity contribution in [3.63, 3.8) is 0 Å². The van der Waals surface area contributed by atoms with E-state index in [1.165, 1.54) is 185 Å². The molecule has 2 nitrogen and oxygen atoms in total. The zero-order valence-corrected chi connectivity index (χ0v) is 31.2. The van der Waals surface area contributed by atoms with Gasteiger partial charge in [0.1, 0.15) is 0 Å². The molecule has 0 aliphatic carbocycles. The predicted molar refractivity (Wildman–Crippen MR) is 212 cm³/mol. The van der Waals surface area contributed by atoms with Gasteiger partial charge < -0.3 is 0 Å². The Bertz CT molecular complexity index is 993. The van der Waals surface area contributed by atoms with E-state index in [1.807, 2.05) is 0 Å². The third-order valence-electron chi connectivity index (χ3n) is 9.66. The van der Waals surface area contributed by atoms with E-state index in [1.54, 1.807) is 0 Å². The number of unbranched alkanes of at least 4 members (excludes halogenated alkanes) is 25. The van der Waals surface area contributed by atoms with Crippen molar-refractivity contribution in [2.24, 2.45) is 9.98 Å². The molecule has 0 spiro atoms. The second kappa shape index (κ2) is 31.1. The summed E-state index contributed by atoms with van der Waals surface area (Å²) in [6.45, 7) is 4.58. The highest BCUT2D eigenvalue weighted by molar-refractivity contribution is 6.43. The van der Waals surface area contributed by atoms with Crippen LogP contribution in [0.4, 0.5) is 11.4 Å². The van der Waals surface area contributed by atoms with Crippen LogP contribution in [0.3, 0.4) is 0 Å². The number of hydrogen-bond acceptors (Lipinski definition) is 2. The molecule has 0 aromatic heterocycles. The molecule has 2 aromatic rings. The SMILES string of the molecule is CCCCCCCCCCCCCCCCCCCCCCCCCCC(=Nc1ccccc1)C(CCCCC)=Nc1ccccc1. The minimum Gasteiger partial charge on any atom is -0.252 e. The minimum absolute atomic E-state index is 1.01. The maximum absolute atomic E-state index is 5.15. The Labute approximate surface area is 292 Å². The molecule has 0 N–H and O–H groups in total. The van der Waals surface area contributed by atoms with Crippen LogP contribution < -0.4 is 0 Å².